The van der Waals surface area contributed by atoms with E-state index in [9.17, 15) is 4.79 Å². The van der Waals surface area contributed by atoms with Crippen LogP contribution in [0.15, 0.2) is 24.3 Å². The Morgan fingerprint density at radius 1 is 1.29 bits per heavy atom. The van der Waals surface area contributed by atoms with Crippen LogP contribution in [0, 0.1) is 6.92 Å². The van der Waals surface area contributed by atoms with Gasteiger partial charge in [-0.2, -0.15) is 0 Å². The minimum atomic E-state index is 0.0161. The average Bonchev–Trinajstić information content (AvgIpc) is 2.50. The first-order valence-electron chi connectivity index (χ1n) is 7.47. The molecular formula is C16H22N2OS2. The quantitative estimate of drug-likeness (QED) is 0.751. The SMILES string of the molecule is CCN(C(=O)SC(=S)N1CCCCC1)c1ccccc1C. The van der Waals surface area contributed by atoms with Crippen LogP contribution in [0.5, 0.6) is 0 Å². The van der Waals surface area contributed by atoms with Gasteiger partial charge in [0.25, 0.3) is 5.24 Å². The predicted octanol–water partition coefficient (Wildman–Crippen LogP) is 4.45. The number of likely N-dealkylation sites (tertiary alicyclic amines) is 1. The van der Waals surface area contributed by atoms with E-state index in [0.717, 1.165) is 24.3 Å². The van der Waals surface area contributed by atoms with E-state index in [0.29, 0.717) is 10.9 Å². The molecule has 21 heavy (non-hydrogen) atoms. The van der Waals surface area contributed by atoms with Crippen LogP contribution in [0.1, 0.15) is 31.7 Å². The first-order valence-corrected chi connectivity index (χ1v) is 8.70. The molecule has 1 aromatic carbocycles. The maximum atomic E-state index is 12.6. The molecule has 1 amide bonds. The number of hydrogen-bond donors (Lipinski definition) is 0. The number of anilines is 1. The topological polar surface area (TPSA) is 23.6 Å². The van der Waals surface area contributed by atoms with Gasteiger partial charge in [-0.3, -0.25) is 4.79 Å². The fourth-order valence-electron chi connectivity index (χ4n) is 2.53. The summed E-state index contributed by atoms with van der Waals surface area (Å²) in [7, 11) is 0. The van der Waals surface area contributed by atoms with E-state index < -0.39 is 0 Å². The number of nitrogens with zero attached hydrogens (tertiary/aromatic N) is 2. The number of rotatable bonds is 2. The molecule has 0 saturated carbocycles. The van der Waals surface area contributed by atoms with Gasteiger partial charge in [0.05, 0.1) is 0 Å². The van der Waals surface area contributed by atoms with E-state index >= 15 is 0 Å². The maximum Gasteiger partial charge on any atom is 0.293 e. The summed E-state index contributed by atoms with van der Waals surface area (Å²) < 4.78 is 0.715. The highest BCUT2D eigenvalue weighted by molar-refractivity contribution is 8.32. The Labute approximate surface area is 136 Å². The lowest BCUT2D eigenvalue weighted by molar-refractivity contribution is 0.265. The Morgan fingerprint density at radius 2 is 1.95 bits per heavy atom. The molecule has 1 saturated heterocycles. The molecule has 114 valence electrons. The number of piperidine rings is 1. The Morgan fingerprint density at radius 3 is 2.57 bits per heavy atom. The Bertz CT molecular complexity index is 513. The largest absolute Gasteiger partial charge is 0.357 e. The highest BCUT2D eigenvalue weighted by Gasteiger charge is 2.21. The number of carbonyl (C=O) groups is 1. The van der Waals surface area contributed by atoms with Crippen molar-refractivity contribution in [1.29, 1.82) is 0 Å². The van der Waals surface area contributed by atoms with Crippen molar-refractivity contribution in [3.8, 4) is 0 Å². The molecular weight excluding hydrogens is 300 g/mol. The minimum Gasteiger partial charge on any atom is -0.357 e. The van der Waals surface area contributed by atoms with Crippen LogP contribution < -0.4 is 4.90 Å². The van der Waals surface area contributed by atoms with Crippen molar-refractivity contribution in [1.82, 2.24) is 4.90 Å². The summed E-state index contributed by atoms with van der Waals surface area (Å²) in [6.07, 6.45) is 3.61. The van der Waals surface area contributed by atoms with Crippen molar-refractivity contribution in [2.45, 2.75) is 33.1 Å². The number of thiocarbonyl (C=S) groups is 1. The predicted molar refractivity (Wildman–Crippen MR) is 95.2 cm³/mol. The lowest BCUT2D eigenvalue weighted by atomic mass is 10.1. The van der Waals surface area contributed by atoms with Crippen LogP contribution in [0.3, 0.4) is 0 Å². The third-order valence-electron chi connectivity index (χ3n) is 3.73. The first kappa shape index (κ1) is 16.3. The fraction of sp³-hybridized carbons (Fsp3) is 0.500. The van der Waals surface area contributed by atoms with Crippen molar-refractivity contribution < 1.29 is 4.79 Å². The van der Waals surface area contributed by atoms with E-state index in [2.05, 4.69) is 4.90 Å². The van der Waals surface area contributed by atoms with E-state index in [1.807, 2.05) is 38.1 Å². The number of para-hydroxylation sites is 1. The molecule has 0 atom stereocenters. The van der Waals surface area contributed by atoms with Gasteiger partial charge in [0.15, 0.2) is 0 Å². The Kier molecular flexibility index (Phi) is 6.06. The van der Waals surface area contributed by atoms with Gasteiger partial charge in [-0.05, 0) is 44.7 Å². The van der Waals surface area contributed by atoms with E-state index in [1.165, 1.54) is 31.0 Å². The molecule has 0 aromatic heterocycles. The number of hydrogen-bond acceptors (Lipinski definition) is 3. The molecule has 1 fully saturated rings. The number of benzene rings is 1. The summed E-state index contributed by atoms with van der Waals surface area (Å²) in [5.41, 5.74) is 2.08. The molecule has 0 N–H and O–H groups in total. The number of thioether (sulfide) groups is 1. The molecule has 1 heterocycles. The molecule has 0 bridgehead atoms. The van der Waals surface area contributed by atoms with Crippen molar-refractivity contribution in [3.05, 3.63) is 29.8 Å². The van der Waals surface area contributed by atoms with Gasteiger partial charge in [0.2, 0.25) is 0 Å². The second-order valence-corrected chi connectivity index (χ2v) is 6.80. The summed E-state index contributed by atoms with van der Waals surface area (Å²) in [4.78, 5) is 16.5. The summed E-state index contributed by atoms with van der Waals surface area (Å²) in [6, 6.07) is 7.97. The molecule has 5 heteroatoms. The molecule has 2 rings (SSSR count). The van der Waals surface area contributed by atoms with Gasteiger partial charge in [-0.15, -0.1) is 0 Å². The third-order valence-corrected chi connectivity index (χ3v) is 5.07. The first-order chi connectivity index (χ1) is 10.1. The molecule has 1 aliphatic heterocycles. The van der Waals surface area contributed by atoms with Gasteiger partial charge in [0, 0.05) is 37.1 Å². The second kappa shape index (κ2) is 7.80. The molecule has 0 spiro atoms. The third kappa shape index (κ3) is 4.20. The van der Waals surface area contributed by atoms with E-state index in [-0.39, 0.29) is 5.24 Å². The maximum absolute atomic E-state index is 12.6. The van der Waals surface area contributed by atoms with Crippen molar-refractivity contribution in [2.75, 3.05) is 24.5 Å². The zero-order chi connectivity index (χ0) is 15.2. The van der Waals surface area contributed by atoms with Gasteiger partial charge in [-0.1, -0.05) is 30.4 Å². The van der Waals surface area contributed by atoms with Crippen LogP contribution in [0.4, 0.5) is 10.5 Å². The van der Waals surface area contributed by atoms with E-state index in [4.69, 9.17) is 12.2 Å². The second-order valence-electron chi connectivity index (χ2n) is 5.21. The van der Waals surface area contributed by atoms with Crippen LogP contribution in [-0.2, 0) is 0 Å². The van der Waals surface area contributed by atoms with Crippen LogP contribution in [0.2, 0.25) is 0 Å². The highest BCUT2D eigenvalue weighted by Crippen LogP contribution is 2.25. The smallest absolute Gasteiger partial charge is 0.293 e. The van der Waals surface area contributed by atoms with Crippen molar-refractivity contribution in [2.24, 2.45) is 0 Å². The monoisotopic (exact) mass is 322 g/mol. The van der Waals surface area contributed by atoms with Crippen molar-refractivity contribution in [3.63, 3.8) is 0 Å². The van der Waals surface area contributed by atoms with Gasteiger partial charge < -0.3 is 9.80 Å². The Hall–Kier alpha value is -1.07. The molecule has 1 aliphatic rings. The van der Waals surface area contributed by atoms with Crippen LogP contribution in [0.25, 0.3) is 0 Å². The fourth-order valence-corrected chi connectivity index (χ4v) is 3.73. The Balaban J connectivity index is 2.03. The lowest BCUT2D eigenvalue weighted by Gasteiger charge is -2.29. The van der Waals surface area contributed by atoms with Gasteiger partial charge in [-0.25, -0.2) is 0 Å². The average molecular weight is 322 g/mol. The molecule has 3 nitrogen and oxygen atoms in total. The molecule has 1 aromatic rings. The minimum absolute atomic E-state index is 0.0161. The van der Waals surface area contributed by atoms with Crippen LogP contribution in [-0.4, -0.2) is 34.1 Å². The summed E-state index contributed by atoms with van der Waals surface area (Å²) in [6.45, 7) is 6.64. The number of aryl methyl sites for hydroxylation is 1. The zero-order valence-corrected chi connectivity index (χ0v) is 14.3. The van der Waals surface area contributed by atoms with Gasteiger partial charge in [0.1, 0.15) is 4.32 Å². The summed E-state index contributed by atoms with van der Waals surface area (Å²) in [5.74, 6) is 0. The van der Waals surface area contributed by atoms with E-state index in [1.54, 1.807) is 4.90 Å². The number of carbonyl (C=O) groups excluding carboxylic acids is 1. The normalized spacial score (nSPS) is 14.9. The molecule has 0 aliphatic carbocycles. The number of amides is 1. The molecule has 0 unspecified atom stereocenters. The molecule has 0 radical (unpaired) electrons. The highest BCUT2D eigenvalue weighted by atomic mass is 32.2. The zero-order valence-electron chi connectivity index (χ0n) is 12.7. The van der Waals surface area contributed by atoms with Crippen LogP contribution >= 0.6 is 24.0 Å². The van der Waals surface area contributed by atoms with Gasteiger partial charge >= 0.3 is 0 Å². The standard InChI is InChI=1S/C16H22N2OS2/c1-3-18(14-10-6-5-9-13(14)2)15(19)21-16(20)17-11-7-4-8-12-17/h5-6,9-10H,3-4,7-8,11-12H2,1-2H3. The lowest BCUT2D eigenvalue weighted by Crippen LogP contribution is -2.36. The summed E-state index contributed by atoms with van der Waals surface area (Å²) in [5, 5.41) is 0.0161. The van der Waals surface area contributed by atoms with Crippen molar-refractivity contribution >= 4 is 39.2 Å². The summed E-state index contributed by atoms with van der Waals surface area (Å²) >= 11 is 6.63.